The van der Waals surface area contributed by atoms with E-state index in [1.54, 1.807) is 0 Å². The van der Waals surface area contributed by atoms with Crippen molar-refractivity contribution < 1.29 is 24.5 Å². The first kappa shape index (κ1) is 11.2. The number of phenols is 2. The fraction of sp³-hybridized carbons (Fsp3) is 0.167. The van der Waals surface area contributed by atoms with Crippen LogP contribution in [0.5, 0.6) is 11.5 Å². The fourth-order valence-electron chi connectivity index (χ4n) is 1.75. The number of fused-ring (bicyclic) bond motifs is 1. The minimum atomic E-state index is -0.544. The van der Waals surface area contributed by atoms with E-state index in [-0.39, 0.29) is 34.8 Å². The number of cyclic esters (lactones) is 1. The van der Waals surface area contributed by atoms with Crippen LogP contribution in [0.15, 0.2) is 24.0 Å². The highest BCUT2D eigenvalue weighted by molar-refractivity contribution is 6.09. The molecule has 5 nitrogen and oxygen atoms in total. The second-order valence-corrected chi connectivity index (χ2v) is 3.77. The number of benzene rings is 1. The molecule has 1 aliphatic rings. The lowest BCUT2D eigenvalue weighted by Gasteiger charge is -2.13. The van der Waals surface area contributed by atoms with Gasteiger partial charge in [0.15, 0.2) is 5.78 Å². The van der Waals surface area contributed by atoms with Gasteiger partial charge in [-0.25, -0.2) is 0 Å². The van der Waals surface area contributed by atoms with Gasteiger partial charge in [0.25, 0.3) is 0 Å². The molecule has 88 valence electrons. The molecule has 0 unspecified atom stereocenters. The number of rotatable bonds is 0. The minimum Gasteiger partial charge on any atom is -0.508 e. The van der Waals surface area contributed by atoms with Gasteiger partial charge in [-0.1, -0.05) is 0 Å². The van der Waals surface area contributed by atoms with Crippen LogP contribution in [0.2, 0.25) is 0 Å². The predicted octanol–water partition coefficient (Wildman–Crippen LogP) is 1.28. The van der Waals surface area contributed by atoms with Gasteiger partial charge in [0.1, 0.15) is 17.3 Å². The minimum absolute atomic E-state index is 0.0267. The lowest BCUT2D eigenvalue weighted by molar-refractivity contribution is -0.138. The van der Waals surface area contributed by atoms with E-state index in [1.165, 1.54) is 13.0 Å². The van der Waals surface area contributed by atoms with Gasteiger partial charge in [-0.2, -0.15) is 0 Å². The summed E-state index contributed by atoms with van der Waals surface area (Å²) in [4.78, 5) is 23.2. The number of ether oxygens (including phenoxy) is 1. The second kappa shape index (κ2) is 3.93. The Kier molecular flexibility index (Phi) is 2.59. The topological polar surface area (TPSA) is 83.8 Å². The highest BCUT2D eigenvalue weighted by atomic mass is 16.5. The molecule has 0 amide bonds. The molecule has 0 spiro atoms. The van der Waals surface area contributed by atoms with Crippen LogP contribution >= 0.6 is 0 Å². The number of aromatic hydroxyl groups is 2. The third kappa shape index (κ3) is 2.13. The molecule has 0 aliphatic carbocycles. The zero-order valence-electron chi connectivity index (χ0n) is 9.06. The molecule has 0 saturated heterocycles. The second-order valence-electron chi connectivity index (χ2n) is 3.77. The monoisotopic (exact) mass is 234 g/mol. The Morgan fingerprint density at radius 2 is 1.94 bits per heavy atom. The number of allylic oxidation sites excluding steroid dienone is 2. The van der Waals surface area contributed by atoms with Crippen molar-refractivity contribution in [1.82, 2.24) is 0 Å². The van der Waals surface area contributed by atoms with Crippen LogP contribution in [0.3, 0.4) is 0 Å². The molecule has 1 aromatic rings. The quantitative estimate of drug-likeness (QED) is 0.660. The third-order valence-electron chi connectivity index (χ3n) is 2.37. The Labute approximate surface area is 97.0 Å². The van der Waals surface area contributed by atoms with Crippen molar-refractivity contribution in [2.75, 3.05) is 0 Å². The number of ketones is 1. The van der Waals surface area contributed by atoms with E-state index < -0.39 is 11.8 Å². The summed E-state index contributed by atoms with van der Waals surface area (Å²) in [6, 6.07) is 2.33. The van der Waals surface area contributed by atoms with Gasteiger partial charge in [0.2, 0.25) is 0 Å². The molecular formula is C12H10O5. The maximum absolute atomic E-state index is 11.8. The number of carbonyl (C=O) groups is 2. The molecule has 0 fully saturated rings. The van der Waals surface area contributed by atoms with E-state index in [0.717, 1.165) is 12.1 Å². The standard InChI is InChI=1S/C12H10O5/c1-6-2-9(14)12-7(4-11(16)17-6)3-8(13)5-10(12)15/h2-3,5,13,15H,4H2,1H3/b6-2-. The van der Waals surface area contributed by atoms with Crippen molar-refractivity contribution >= 4 is 11.8 Å². The van der Waals surface area contributed by atoms with Gasteiger partial charge in [-0.15, -0.1) is 0 Å². The smallest absolute Gasteiger partial charge is 0.315 e. The Morgan fingerprint density at radius 1 is 1.24 bits per heavy atom. The fourth-order valence-corrected chi connectivity index (χ4v) is 1.75. The number of phenolic OH excluding ortho intramolecular Hbond substituents is 2. The molecule has 0 aromatic heterocycles. The van der Waals surface area contributed by atoms with Gasteiger partial charge >= 0.3 is 5.97 Å². The van der Waals surface area contributed by atoms with Crippen molar-refractivity contribution in [3.05, 3.63) is 35.1 Å². The highest BCUT2D eigenvalue weighted by Crippen LogP contribution is 2.29. The van der Waals surface area contributed by atoms with E-state index >= 15 is 0 Å². The summed E-state index contributed by atoms with van der Waals surface area (Å²) in [6.45, 7) is 1.48. The number of hydrogen-bond acceptors (Lipinski definition) is 5. The van der Waals surface area contributed by atoms with Crippen molar-refractivity contribution in [3.63, 3.8) is 0 Å². The molecule has 2 rings (SSSR count). The van der Waals surface area contributed by atoms with Crippen LogP contribution in [0, 0.1) is 0 Å². The molecular weight excluding hydrogens is 224 g/mol. The molecule has 0 atom stereocenters. The van der Waals surface area contributed by atoms with Crippen LogP contribution in [0.1, 0.15) is 22.8 Å². The first-order chi connectivity index (χ1) is 7.97. The van der Waals surface area contributed by atoms with E-state index in [2.05, 4.69) is 0 Å². The average molecular weight is 234 g/mol. The summed E-state index contributed by atoms with van der Waals surface area (Å²) in [7, 11) is 0. The van der Waals surface area contributed by atoms with E-state index in [1.807, 2.05) is 0 Å². The number of esters is 1. The van der Waals surface area contributed by atoms with Crippen LogP contribution in [-0.4, -0.2) is 22.0 Å². The SMILES string of the molecule is C/C1=C/C(=O)c2c(O)cc(O)cc2CC(=O)O1. The zero-order valence-corrected chi connectivity index (χ0v) is 9.06. The van der Waals surface area contributed by atoms with Gasteiger partial charge in [0.05, 0.1) is 12.0 Å². The van der Waals surface area contributed by atoms with Gasteiger partial charge in [-0.05, 0) is 18.6 Å². The van der Waals surface area contributed by atoms with Gasteiger partial charge < -0.3 is 14.9 Å². The summed E-state index contributed by atoms with van der Waals surface area (Å²) in [5, 5.41) is 19.0. The summed E-state index contributed by atoms with van der Waals surface area (Å²) >= 11 is 0. The molecule has 0 saturated carbocycles. The lowest BCUT2D eigenvalue weighted by atomic mass is 9.98. The van der Waals surface area contributed by atoms with Crippen LogP contribution in [-0.2, 0) is 16.0 Å². The molecule has 17 heavy (non-hydrogen) atoms. The number of hydrogen-bond donors (Lipinski definition) is 2. The van der Waals surface area contributed by atoms with Crippen LogP contribution in [0.25, 0.3) is 0 Å². The van der Waals surface area contributed by atoms with E-state index in [0.29, 0.717) is 0 Å². The first-order valence-electron chi connectivity index (χ1n) is 4.95. The molecule has 5 heteroatoms. The van der Waals surface area contributed by atoms with Crippen LogP contribution < -0.4 is 0 Å². The summed E-state index contributed by atoms with van der Waals surface area (Å²) < 4.78 is 4.84. The maximum atomic E-state index is 11.8. The normalized spacial score (nSPS) is 18.5. The average Bonchev–Trinajstić information content (AvgIpc) is 2.12. The molecule has 1 aromatic carbocycles. The Bertz CT molecular complexity index is 542. The third-order valence-corrected chi connectivity index (χ3v) is 2.37. The predicted molar refractivity (Wildman–Crippen MR) is 57.7 cm³/mol. The van der Waals surface area contributed by atoms with Crippen molar-refractivity contribution in [2.24, 2.45) is 0 Å². The summed E-state index contributed by atoms with van der Waals surface area (Å²) in [5.41, 5.74) is 0.278. The van der Waals surface area contributed by atoms with E-state index in [9.17, 15) is 19.8 Å². The van der Waals surface area contributed by atoms with Gasteiger partial charge in [-0.3, -0.25) is 9.59 Å². The Morgan fingerprint density at radius 3 is 2.65 bits per heavy atom. The number of carbonyl (C=O) groups excluding carboxylic acids is 2. The molecule has 1 heterocycles. The first-order valence-corrected chi connectivity index (χ1v) is 4.95. The zero-order chi connectivity index (χ0) is 12.6. The highest BCUT2D eigenvalue weighted by Gasteiger charge is 2.22. The largest absolute Gasteiger partial charge is 0.508 e. The van der Waals surface area contributed by atoms with Gasteiger partial charge in [0, 0.05) is 12.1 Å². The Balaban J connectivity index is 2.64. The molecule has 0 bridgehead atoms. The molecule has 2 N–H and O–H groups in total. The summed E-state index contributed by atoms with van der Waals surface area (Å²) in [6.07, 6.45) is 0.959. The van der Waals surface area contributed by atoms with E-state index in [4.69, 9.17) is 4.74 Å². The lowest BCUT2D eigenvalue weighted by Crippen LogP contribution is -2.14. The van der Waals surface area contributed by atoms with Crippen molar-refractivity contribution in [3.8, 4) is 11.5 Å². The Hall–Kier alpha value is -2.30. The summed E-state index contributed by atoms with van der Waals surface area (Å²) in [5.74, 6) is -1.37. The van der Waals surface area contributed by atoms with Crippen molar-refractivity contribution in [2.45, 2.75) is 13.3 Å². The van der Waals surface area contributed by atoms with Crippen molar-refractivity contribution in [1.29, 1.82) is 0 Å². The molecule has 0 radical (unpaired) electrons. The van der Waals surface area contributed by atoms with Crippen LogP contribution in [0.4, 0.5) is 0 Å². The maximum Gasteiger partial charge on any atom is 0.315 e. The molecule has 1 aliphatic heterocycles.